The molecule has 1 aromatic heterocycles. The van der Waals surface area contributed by atoms with Gasteiger partial charge >= 0.3 is 0 Å². The molecule has 208 valence electrons. The highest BCUT2D eigenvalue weighted by Crippen LogP contribution is 2.44. The van der Waals surface area contributed by atoms with Crippen LogP contribution < -0.4 is 4.90 Å². The van der Waals surface area contributed by atoms with E-state index < -0.39 is 0 Å². The van der Waals surface area contributed by atoms with E-state index >= 15 is 0 Å². The van der Waals surface area contributed by atoms with Crippen molar-refractivity contribution in [3.05, 3.63) is 176 Å². The molecule has 8 rings (SSSR count). The molecule has 0 aliphatic rings. The fourth-order valence-corrected chi connectivity index (χ4v) is 5.63. The van der Waals surface area contributed by atoms with Crippen LogP contribution in [0, 0.1) is 0 Å². The van der Waals surface area contributed by atoms with E-state index in [1.54, 1.807) is 12.1 Å². The number of hydrogen-bond acceptors (Lipinski definition) is 2. The zero-order valence-corrected chi connectivity index (χ0v) is 23.6. The zero-order valence-electron chi connectivity index (χ0n) is 29.6. The lowest BCUT2D eigenvalue weighted by Crippen LogP contribution is -2.10. The minimum absolute atomic E-state index is 0.00516. The number of rotatable bonds is 6. The van der Waals surface area contributed by atoms with Crippen molar-refractivity contribution in [3.8, 4) is 33.4 Å². The van der Waals surface area contributed by atoms with E-state index in [2.05, 4.69) is 0 Å². The molecular formula is C42H29NO. The van der Waals surface area contributed by atoms with Gasteiger partial charge in [-0.2, -0.15) is 0 Å². The van der Waals surface area contributed by atoms with E-state index in [0.29, 0.717) is 16.9 Å². The highest BCUT2D eigenvalue weighted by Gasteiger charge is 2.20. The molecule has 0 unspecified atom stereocenters. The first kappa shape index (κ1) is 20.1. The molecule has 0 spiro atoms. The second kappa shape index (κ2) is 11.1. The van der Waals surface area contributed by atoms with Crippen molar-refractivity contribution in [2.45, 2.75) is 0 Å². The van der Waals surface area contributed by atoms with Crippen LogP contribution in [0.3, 0.4) is 0 Å². The Morgan fingerprint density at radius 2 is 0.909 bits per heavy atom. The molecule has 0 fully saturated rings. The van der Waals surface area contributed by atoms with Crippen LogP contribution in [-0.2, 0) is 0 Å². The maximum atomic E-state index is 9.45. The summed E-state index contributed by atoms with van der Waals surface area (Å²) < 4.78 is 60.6. The number of benzene rings is 7. The zero-order chi connectivity index (χ0) is 34.5. The number of hydrogen-bond donors (Lipinski definition) is 0. The third-order valence-corrected chi connectivity index (χ3v) is 7.80. The van der Waals surface area contributed by atoms with Gasteiger partial charge in [0.05, 0.1) is 19.3 Å². The third-order valence-electron chi connectivity index (χ3n) is 7.80. The fourth-order valence-electron chi connectivity index (χ4n) is 5.63. The van der Waals surface area contributed by atoms with E-state index in [9.17, 15) is 2.74 Å². The molecular weight excluding hydrogens is 534 g/mol. The second-order valence-corrected chi connectivity index (χ2v) is 10.5. The van der Waals surface area contributed by atoms with Crippen LogP contribution >= 0.6 is 0 Å². The van der Waals surface area contributed by atoms with Crippen LogP contribution in [0.2, 0.25) is 0 Å². The number of nitrogens with zero attached hydrogens (tertiary/aromatic N) is 1. The van der Waals surface area contributed by atoms with Gasteiger partial charge in [0, 0.05) is 16.8 Å². The quantitative estimate of drug-likeness (QED) is 0.198. The van der Waals surface area contributed by atoms with Gasteiger partial charge in [0.1, 0.15) is 11.2 Å². The summed E-state index contributed by atoms with van der Waals surface area (Å²) >= 11 is 0. The molecule has 0 amide bonds. The van der Waals surface area contributed by atoms with Crippen LogP contribution in [0.4, 0.5) is 17.1 Å². The maximum absolute atomic E-state index is 9.45. The van der Waals surface area contributed by atoms with Gasteiger partial charge in [-0.05, 0) is 81.8 Å². The van der Waals surface area contributed by atoms with Crippen molar-refractivity contribution in [2.75, 3.05) is 4.90 Å². The van der Waals surface area contributed by atoms with Crippen molar-refractivity contribution < 1.29 is 12.6 Å². The van der Waals surface area contributed by atoms with Gasteiger partial charge in [-0.3, -0.25) is 0 Å². The summed E-state index contributed by atoms with van der Waals surface area (Å²) in [5.74, 6) is 0. The fraction of sp³-hybridized carbons (Fsp3) is 0. The highest BCUT2D eigenvalue weighted by atomic mass is 16.3. The standard InChI is InChI=1S/C42H29NO/c1-4-11-30(12-5-1)33-19-24-36(25-20-33)43(37-26-21-34(22-27-37)31-13-6-2-7-14-31)39-17-10-18-41-42(39)38-29-35(23-28-40(38)44-41)32-15-8-3-9-16-32/h1-29H/i10D,17D,18D,23D,28D,29D. The lowest BCUT2D eigenvalue weighted by molar-refractivity contribution is 0.669. The molecule has 8 aromatic rings. The average Bonchev–Trinajstić information content (AvgIpc) is 3.57. The minimum Gasteiger partial charge on any atom is -0.456 e. The number of furan rings is 1. The molecule has 0 bridgehead atoms. The van der Waals surface area contributed by atoms with Crippen molar-refractivity contribution in [1.82, 2.24) is 0 Å². The largest absolute Gasteiger partial charge is 0.456 e. The first-order valence-electron chi connectivity index (χ1n) is 17.5. The van der Waals surface area contributed by atoms with Gasteiger partial charge < -0.3 is 9.32 Å². The molecule has 7 aromatic carbocycles. The second-order valence-electron chi connectivity index (χ2n) is 10.5. The normalized spacial score (nSPS) is 13.1. The molecule has 0 aliphatic carbocycles. The molecule has 0 saturated carbocycles. The summed E-state index contributed by atoms with van der Waals surface area (Å²) in [6, 6.07) is 43.6. The predicted octanol–water partition coefficient (Wildman–Crippen LogP) is 12.1. The lowest BCUT2D eigenvalue weighted by atomic mass is 10.0. The highest BCUT2D eigenvalue weighted by molar-refractivity contribution is 6.14. The van der Waals surface area contributed by atoms with Crippen molar-refractivity contribution in [3.63, 3.8) is 0 Å². The molecule has 0 atom stereocenters. The van der Waals surface area contributed by atoms with Gasteiger partial charge in [0.15, 0.2) is 0 Å². The minimum atomic E-state index is -0.342. The summed E-state index contributed by atoms with van der Waals surface area (Å²) in [5.41, 5.74) is 6.59. The Kier molecular flexibility index (Phi) is 5.07. The van der Waals surface area contributed by atoms with Crippen LogP contribution in [-0.4, -0.2) is 0 Å². The molecule has 2 nitrogen and oxygen atoms in total. The van der Waals surface area contributed by atoms with E-state index in [0.717, 1.165) is 22.3 Å². The van der Waals surface area contributed by atoms with Crippen molar-refractivity contribution >= 4 is 39.0 Å². The van der Waals surface area contributed by atoms with Crippen molar-refractivity contribution in [1.29, 1.82) is 0 Å². The predicted molar refractivity (Wildman–Crippen MR) is 185 cm³/mol. The molecule has 0 aliphatic heterocycles. The van der Waals surface area contributed by atoms with Crippen LogP contribution in [0.15, 0.2) is 180 Å². The number of anilines is 3. The van der Waals surface area contributed by atoms with E-state index in [-0.39, 0.29) is 69.4 Å². The molecule has 0 saturated heterocycles. The Bertz CT molecular complexity index is 2430. The Balaban J connectivity index is 1.44. The Labute approximate surface area is 265 Å². The molecule has 1 heterocycles. The maximum Gasteiger partial charge on any atom is 0.137 e. The molecule has 0 N–H and O–H groups in total. The summed E-state index contributed by atoms with van der Waals surface area (Å²) in [6.07, 6.45) is 0. The molecule has 44 heavy (non-hydrogen) atoms. The number of fused-ring (bicyclic) bond motifs is 3. The van der Waals surface area contributed by atoms with Gasteiger partial charge in [0.2, 0.25) is 0 Å². The van der Waals surface area contributed by atoms with E-state index in [4.69, 9.17) is 9.90 Å². The van der Waals surface area contributed by atoms with E-state index in [1.807, 2.05) is 132 Å². The van der Waals surface area contributed by atoms with Gasteiger partial charge in [-0.25, -0.2) is 0 Å². The van der Waals surface area contributed by atoms with Crippen LogP contribution in [0.5, 0.6) is 0 Å². The third kappa shape index (κ3) is 4.73. The monoisotopic (exact) mass is 569 g/mol. The Hall–Kier alpha value is -5.86. The van der Waals surface area contributed by atoms with E-state index in [1.165, 1.54) is 0 Å². The van der Waals surface area contributed by atoms with Crippen LogP contribution in [0.1, 0.15) is 8.22 Å². The first-order valence-corrected chi connectivity index (χ1v) is 14.5. The topological polar surface area (TPSA) is 16.4 Å². The summed E-state index contributed by atoms with van der Waals surface area (Å²) in [5, 5.41) is 0.504. The summed E-state index contributed by atoms with van der Waals surface area (Å²) in [7, 11) is 0. The van der Waals surface area contributed by atoms with Crippen molar-refractivity contribution in [2.24, 2.45) is 0 Å². The smallest absolute Gasteiger partial charge is 0.137 e. The van der Waals surface area contributed by atoms with Gasteiger partial charge in [-0.1, -0.05) is 127 Å². The summed E-state index contributed by atoms with van der Waals surface area (Å²) in [4.78, 5) is 1.86. The van der Waals surface area contributed by atoms with Gasteiger partial charge in [0.25, 0.3) is 0 Å². The SMILES string of the molecule is [2H]c1c(-c2ccccc2)c([2H])c2c(oc3c([2H])c([2H])c([2H])c(N(c4ccc(-c5ccccc5)cc4)c4ccc(-c5ccccc5)cc4)c32)c1[2H]. The molecule has 2 heteroatoms. The molecule has 0 radical (unpaired) electrons. The Morgan fingerprint density at radius 1 is 0.432 bits per heavy atom. The summed E-state index contributed by atoms with van der Waals surface area (Å²) in [6.45, 7) is 0. The lowest BCUT2D eigenvalue weighted by Gasteiger charge is -2.26. The average molecular weight is 570 g/mol. The Morgan fingerprint density at radius 3 is 1.43 bits per heavy atom. The van der Waals surface area contributed by atoms with Crippen LogP contribution in [0.25, 0.3) is 55.3 Å². The van der Waals surface area contributed by atoms with Gasteiger partial charge in [-0.15, -0.1) is 0 Å². The first-order chi connectivity index (χ1) is 24.3.